The third-order valence-electron chi connectivity index (χ3n) is 12.4. The molecule has 0 unspecified atom stereocenters. The number of piperazine rings is 1. The highest BCUT2D eigenvalue weighted by molar-refractivity contribution is 6.07. The summed E-state index contributed by atoms with van der Waals surface area (Å²) in [6, 6.07) is 20.5. The highest BCUT2D eigenvalue weighted by Gasteiger charge is 2.29. The van der Waals surface area contributed by atoms with Crippen LogP contribution in [-0.4, -0.2) is 120 Å². The Hall–Kier alpha value is -7.28. The smallest absolute Gasteiger partial charge is 0.328 e. The topological polar surface area (TPSA) is 194 Å². The number of H-pyrrole nitrogens is 1. The number of aliphatic hydroxyl groups is 1. The molecule has 5 amide bonds. The molecule has 0 radical (unpaired) electrons. The molecule has 2 aromatic heterocycles. The number of nitrogens with one attached hydrogen (secondary N) is 4. The zero-order valence-electron chi connectivity index (χ0n) is 39.0. The summed E-state index contributed by atoms with van der Waals surface area (Å²) in [4.78, 5) is 68.6. The summed E-state index contributed by atoms with van der Waals surface area (Å²) in [6.07, 6.45) is 3.35. The van der Waals surface area contributed by atoms with Crippen molar-refractivity contribution in [3.63, 3.8) is 0 Å². The number of unbranched alkanes of at least 4 members (excludes halogenated alkanes) is 1. The van der Waals surface area contributed by atoms with Crippen LogP contribution in [0.15, 0.2) is 85.2 Å². The lowest BCUT2D eigenvalue weighted by atomic mass is 9.96. The third kappa shape index (κ3) is 11.2. The molecule has 4 aromatic carbocycles. The van der Waals surface area contributed by atoms with Crippen LogP contribution >= 0.6 is 0 Å². The molecule has 2 aliphatic heterocycles. The van der Waals surface area contributed by atoms with Crippen LogP contribution in [0.1, 0.15) is 65.0 Å². The number of fused-ring (bicyclic) bond motifs is 1. The van der Waals surface area contributed by atoms with Gasteiger partial charge in [0.2, 0.25) is 5.91 Å². The Morgan fingerprint density at radius 2 is 1.68 bits per heavy atom. The van der Waals surface area contributed by atoms with Gasteiger partial charge in [-0.05, 0) is 130 Å². The molecule has 5 N–H and O–H groups in total. The van der Waals surface area contributed by atoms with E-state index in [1.807, 2.05) is 35.2 Å². The molecule has 16 nitrogen and oxygen atoms in total. The van der Waals surface area contributed by atoms with Crippen LogP contribution in [0, 0.1) is 18.6 Å². The van der Waals surface area contributed by atoms with Gasteiger partial charge in [-0.1, -0.05) is 6.07 Å². The summed E-state index contributed by atoms with van der Waals surface area (Å²) in [5.74, 6) is -1.46. The Morgan fingerprint density at radius 3 is 2.41 bits per heavy atom. The van der Waals surface area contributed by atoms with Crippen LogP contribution in [0.2, 0.25) is 0 Å². The van der Waals surface area contributed by atoms with E-state index in [1.54, 1.807) is 25.1 Å². The molecule has 0 aliphatic carbocycles. The maximum absolute atomic E-state index is 15.2. The molecule has 2 aliphatic rings. The number of benzene rings is 4. The van der Waals surface area contributed by atoms with E-state index in [9.17, 15) is 28.7 Å². The van der Waals surface area contributed by atoms with Crippen molar-refractivity contribution in [3.8, 4) is 34.0 Å². The number of amides is 5. The number of anilines is 2. The predicted molar refractivity (Wildman–Crippen MR) is 257 cm³/mol. The Labute approximate surface area is 398 Å². The van der Waals surface area contributed by atoms with Gasteiger partial charge in [0, 0.05) is 80.1 Å². The van der Waals surface area contributed by atoms with Crippen LogP contribution in [0.5, 0.6) is 11.5 Å². The van der Waals surface area contributed by atoms with Gasteiger partial charge in [0.15, 0.2) is 0 Å². The van der Waals surface area contributed by atoms with Gasteiger partial charge >= 0.3 is 6.03 Å². The normalized spacial score (nSPS) is 14.5. The predicted octanol–water partition coefficient (Wildman–Crippen LogP) is 7.02. The van der Waals surface area contributed by atoms with Gasteiger partial charge in [-0.25, -0.2) is 23.5 Å². The second-order valence-corrected chi connectivity index (χ2v) is 17.6. The van der Waals surface area contributed by atoms with E-state index < -0.39 is 29.2 Å². The number of methoxy groups -OCH3 is 1. The fourth-order valence-electron chi connectivity index (χ4n) is 8.45. The van der Waals surface area contributed by atoms with Crippen LogP contribution in [0.4, 0.5) is 25.0 Å². The van der Waals surface area contributed by atoms with Crippen molar-refractivity contribution in [2.24, 2.45) is 0 Å². The second kappa shape index (κ2) is 20.9. The number of aromatic nitrogens is 3. The van der Waals surface area contributed by atoms with Gasteiger partial charge in [-0.3, -0.25) is 29.5 Å². The SMILES string of the molecule is COc1ccc(C(=O)N2CCN(CCNCCCCOc3ccc(-c4cc5c(-c6cc(F)cc(NC(=O)c7ccc(C(C)(C)O)cc7F)c6C)ncnc5[nH]4)cc3)CC2)cc1N1CCC(=O)NC1=O. The number of halogens is 2. The minimum atomic E-state index is -1.29. The fraction of sp³-hybridized carbons (Fsp3) is 0.333. The summed E-state index contributed by atoms with van der Waals surface area (Å²) in [5.41, 5.74) is 3.42. The summed E-state index contributed by atoms with van der Waals surface area (Å²) in [5, 5.41) is 19.4. The number of carbonyl (C=O) groups excluding carboxylic acids is 4. The molecular weight excluding hydrogens is 889 g/mol. The molecule has 4 heterocycles. The first-order chi connectivity index (χ1) is 33.2. The van der Waals surface area contributed by atoms with Crippen molar-refractivity contribution >= 4 is 46.2 Å². The number of carbonyl (C=O) groups is 4. The number of hydrogen-bond acceptors (Lipinski definition) is 11. The monoisotopic (exact) mass is 943 g/mol. The molecule has 2 saturated heterocycles. The molecule has 6 aromatic rings. The summed E-state index contributed by atoms with van der Waals surface area (Å²) >= 11 is 0. The van der Waals surface area contributed by atoms with Gasteiger partial charge in [0.25, 0.3) is 11.8 Å². The van der Waals surface area contributed by atoms with E-state index >= 15 is 4.39 Å². The summed E-state index contributed by atoms with van der Waals surface area (Å²) < 4.78 is 41.6. The maximum Gasteiger partial charge on any atom is 0.328 e. The summed E-state index contributed by atoms with van der Waals surface area (Å²) in [7, 11) is 1.50. The second-order valence-electron chi connectivity index (χ2n) is 17.6. The largest absolute Gasteiger partial charge is 0.495 e. The maximum atomic E-state index is 15.2. The number of imide groups is 1. The highest BCUT2D eigenvalue weighted by atomic mass is 19.1. The minimum absolute atomic E-state index is 0.114. The first-order valence-corrected chi connectivity index (χ1v) is 22.9. The van der Waals surface area contributed by atoms with Crippen LogP contribution in [0.3, 0.4) is 0 Å². The van der Waals surface area contributed by atoms with Crippen LogP contribution in [-0.2, 0) is 10.4 Å². The van der Waals surface area contributed by atoms with E-state index in [0.717, 1.165) is 68.6 Å². The third-order valence-corrected chi connectivity index (χ3v) is 12.4. The summed E-state index contributed by atoms with van der Waals surface area (Å²) in [6.45, 7) is 10.7. The van der Waals surface area contributed by atoms with Gasteiger partial charge in [-0.2, -0.15) is 0 Å². The van der Waals surface area contributed by atoms with E-state index in [2.05, 4.69) is 35.8 Å². The molecule has 8 rings (SSSR count). The quantitative estimate of drug-likeness (QED) is 0.0590. The molecular formula is C51H55F2N9O7. The number of aromatic amines is 1. The zero-order chi connectivity index (χ0) is 48.8. The molecule has 0 saturated carbocycles. The van der Waals surface area contributed by atoms with Crippen LogP contribution < -0.4 is 30.3 Å². The first kappa shape index (κ1) is 48.2. The van der Waals surface area contributed by atoms with Crippen molar-refractivity contribution in [2.45, 2.75) is 45.6 Å². The van der Waals surface area contributed by atoms with Crippen molar-refractivity contribution in [1.82, 2.24) is 35.4 Å². The number of nitrogens with zero attached hydrogens (tertiary/aromatic N) is 5. The Bertz CT molecular complexity index is 2880. The lowest BCUT2D eigenvalue weighted by Crippen LogP contribution is -2.50. The first-order valence-electron chi connectivity index (χ1n) is 22.9. The van der Waals surface area contributed by atoms with Crippen LogP contribution in [0.25, 0.3) is 33.5 Å². The van der Waals surface area contributed by atoms with E-state index in [0.29, 0.717) is 70.1 Å². The molecule has 0 bridgehead atoms. The Morgan fingerprint density at radius 1 is 0.899 bits per heavy atom. The highest BCUT2D eigenvalue weighted by Crippen LogP contribution is 2.36. The van der Waals surface area contributed by atoms with Gasteiger partial charge in [0.1, 0.15) is 35.1 Å². The van der Waals surface area contributed by atoms with Crippen molar-refractivity contribution in [3.05, 3.63) is 119 Å². The van der Waals surface area contributed by atoms with E-state index in [4.69, 9.17) is 9.47 Å². The standard InChI is InChI=1S/C51H55F2N9O7/c1-31-38(27-35(52)28-41(31)58-48(64)37-13-10-34(26-40(37)53)51(2,3)67)46-39-29-42(57-47(39)56-30-55-46)32-7-11-36(12-8-32)69-24-6-5-16-54-17-19-60-20-22-61(23-21-60)49(65)33-9-14-44(68-4)43(25-33)62-18-15-45(63)59-50(62)66/h7-14,25-30,54,67H,5-6,15-24H2,1-4H3,(H,58,64)(H,55,56,57)(H,59,63,66). The molecule has 69 heavy (non-hydrogen) atoms. The molecule has 18 heteroatoms. The number of rotatable bonds is 17. The lowest BCUT2D eigenvalue weighted by Gasteiger charge is -2.35. The number of urea groups is 1. The lowest BCUT2D eigenvalue weighted by molar-refractivity contribution is -0.120. The van der Waals surface area contributed by atoms with Gasteiger partial charge in [-0.15, -0.1) is 0 Å². The van der Waals surface area contributed by atoms with Crippen molar-refractivity contribution in [1.29, 1.82) is 0 Å². The minimum Gasteiger partial charge on any atom is -0.495 e. The Kier molecular flexibility index (Phi) is 14.6. The van der Waals surface area contributed by atoms with Gasteiger partial charge < -0.3 is 35.1 Å². The van der Waals surface area contributed by atoms with Gasteiger partial charge in [0.05, 0.1) is 36.3 Å². The number of hydrogen-bond donors (Lipinski definition) is 5. The zero-order valence-corrected chi connectivity index (χ0v) is 39.0. The average molecular weight is 944 g/mol. The van der Waals surface area contributed by atoms with E-state index in [1.165, 1.54) is 56.4 Å². The molecule has 0 spiro atoms. The average Bonchev–Trinajstić information content (AvgIpc) is 3.78. The molecule has 0 atom stereocenters. The molecule has 2 fully saturated rings. The van der Waals surface area contributed by atoms with Crippen molar-refractivity contribution < 1.29 is 42.5 Å². The van der Waals surface area contributed by atoms with E-state index in [-0.39, 0.29) is 36.0 Å². The van der Waals surface area contributed by atoms with Crippen molar-refractivity contribution in [2.75, 3.05) is 76.3 Å². The fourth-order valence-corrected chi connectivity index (χ4v) is 8.45. The Balaban J connectivity index is 0.772. The number of ether oxygens (including phenoxy) is 2. The molecule has 360 valence electrons.